The van der Waals surface area contributed by atoms with Gasteiger partial charge >= 0.3 is 0 Å². The number of carbonyl (C=O) groups is 1. The average Bonchev–Trinajstić information content (AvgIpc) is 3.32. The summed E-state index contributed by atoms with van der Waals surface area (Å²) in [5.41, 5.74) is 1.97. The molecular formula is C24H27Cl2N5O2S. The van der Waals surface area contributed by atoms with E-state index in [2.05, 4.69) is 22.0 Å². The molecule has 0 spiro atoms. The van der Waals surface area contributed by atoms with Crippen LogP contribution < -0.4 is 9.64 Å². The Balaban J connectivity index is 1.42. The standard InChI is InChI=1S/C24H27Cl2N5O2S/c1-28(2)34-24(32)31-13-11-30(12-14-31)19-4-6-20(7-5-19)33-23(16-29-10-9-27-17-29)21-8-3-18(25)15-22(21)26/h3-10,15,17,23H,11-14,16H2,1-2H3. The van der Waals surface area contributed by atoms with Crippen molar-refractivity contribution >= 4 is 46.1 Å². The van der Waals surface area contributed by atoms with Gasteiger partial charge in [-0.25, -0.2) is 9.29 Å². The van der Waals surface area contributed by atoms with E-state index in [0.29, 0.717) is 29.7 Å². The number of hydrogen-bond acceptors (Lipinski definition) is 6. The van der Waals surface area contributed by atoms with E-state index in [9.17, 15) is 4.79 Å². The molecule has 0 radical (unpaired) electrons. The van der Waals surface area contributed by atoms with Gasteiger partial charge in [-0.3, -0.25) is 4.79 Å². The third-order valence-electron chi connectivity index (χ3n) is 5.52. The lowest BCUT2D eigenvalue weighted by Crippen LogP contribution is -2.48. The molecule has 7 nitrogen and oxygen atoms in total. The van der Waals surface area contributed by atoms with Crippen LogP contribution in [0.5, 0.6) is 5.75 Å². The normalized spacial score (nSPS) is 15.0. The minimum Gasteiger partial charge on any atom is -0.484 e. The monoisotopic (exact) mass is 519 g/mol. The Labute approximate surface area is 214 Å². The van der Waals surface area contributed by atoms with Crippen molar-refractivity contribution in [2.24, 2.45) is 0 Å². The molecule has 0 N–H and O–H groups in total. The van der Waals surface area contributed by atoms with E-state index in [0.717, 1.165) is 30.1 Å². The van der Waals surface area contributed by atoms with E-state index in [1.54, 1.807) is 18.6 Å². The lowest BCUT2D eigenvalue weighted by Gasteiger charge is -2.36. The van der Waals surface area contributed by atoms with Crippen LogP contribution >= 0.6 is 35.1 Å². The third kappa shape index (κ3) is 6.39. The van der Waals surface area contributed by atoms with Gasteiger partial charge in [-0.1, -0.05) is 29.3 Å². The molecule has 2 heterocycles. The van der Waals surface area contributed by atoms with E-state index in [1.807, 2.05) is 58.3 Å². The quantitative estimate of drug-likeness (QED) is 0.386. The number of imidazole rings is 1. The molecule has 34 heavy (non-hydrogen) atoms. The Bertz CT molecular complexity index is 1090. The average molecular weight is 520 g/mol. The Morgan fingerprint density at radius 3 is 2.47 bits per heavy atom. The van der Waals surface area contributed by atoms with E-state index in [-0.39, 0.29) is 11.3 Å². The van der Waals surface area contributed by atoms with E-state index >= 15 is 0 Å². The summed E-state index contributed by atoms with van der Waals surface area (Å²) in [6.07, 6.45) is 5.07. The van der Waals surface area contributed by atoms with Crippen molar-refractivity contribution in [3.63, 3.8) is 0 Å². The van der Waals surface area contributed by atoms with Crippen LogP contribution in [0.25, 0.3) is 0 Å². The summed E-state index contributed by atoms with van der Waals surface area (Å²) >= 11 is 13.8. The maximum atomic E-state index is 12.3. The highest BCUT2D eigenvalue weighted by Gasteiger charge is 2.23. The number of amides is 1. The van der Waals surface area contributed by atoms with Crippen molar-refractivity contribution in [2.75, 3.05) is 45.2 Å². The molecule has 4 rings (SSSR count). The fraction of sp³-hybridized carbons (Fsp3) is 0.333. The Morgan fingerprint density at radius 2 is 1.85 bits per heavy atom. The number of carbonyl (C=O) groups excluding carboxylic acids is 1. The highest BCUT2D eigenvalue weighted by atomic mass is 35.5. The minimum absolute atomic E-state index is 0.0955. The van der Waals surface area contributed by atoms with Crippen molar-refractivity contribution < 1.29 is 9.53 Å². The van der Waals surface area contributed by atoms with E-state index in [1.165, 1.54) is 11.9 Å². The van der Waals surface area contributed by atoms with Crippen LogP contribution in [0.3, 0.4) is 0 Å². The smallest absolute Gasteiger partial charge is 0.296 e. The second-order valence-corrected chi connectivity index (χ2v) is 10.3. The molecule has 1 saturated heterocycles. The van der Waals surface area contributed by atoms with Gasteiger partial charge in [-0.2, -0.15) is 0 Å². The van der Waals surface area contributed by atoms with Crippen LogP contribution in [0, 0.1) is 0 Å². The summed E-state index contributed by atoms with van der Waals surface area (Å²) in [6.45, 7) is 3.57. The van der Waals surface area contributed by atoms with Crippen molar-refractivity contribution in [2.45, 2.75) is 12.6 Å². The summed E-state index contributed by atoms with van der Waals surface area (Å²) in [5, 5.41) is 1.24. The number of aromatic nitrogens is 2. The zero-order chi connectivity index (χ0) is 24.1. The van der Waals surface area contributed by atoms with Crippen LogP contribution in [-0.2, 0) is 6.54 Å². The van der Waals surface area contributed by atoms with Gasteiger partial charge in [0, 0.05) is 71.8 Å². The minimum atomic E-state index is -0.312. The number of rotatable bonds is 7. The molecular weight excluding hydrogens is 493 g/mol. The number of hydrogen-bond donors (Lipinski definition) is 0. The number of halogens is 2. The van der Waals surface area contributed by atoms with Gasteiger partial charge < -0.3 is 19.1 Å². The van der Waals surface area contributed by atoms with Crippen LogP contribution in [0.1, 0.15) is 11.7 Å². The number of benzene rings is 2. The molecule has 2 aromatic carbocycles. The summed E-state index contributed by atoms with van der Waals surface area (Å²) in [7, 11) is 3.76. The van der Waals surface area contributed by atoms with Gasteiger partial charge in [0.1, 0.15) is 11.9 Å². The molecule has 1 atom stereocenters. The lowest BCUT2D eigenvalue weighted by molar-refractivity contribution is 0.183. The Hall–Kier alpha value is -2.39. The zero-order valence-electron chi connectivity index (χ0n) is 19.1. The van der Waals surface area contributed by atoms with Crippen molar-refractivity contribution in [1.82, 2.24) is 18.8 Å². The summed E-state index contributed by atoms with van der Waals surface area (Å²) in [5.74, 6) is 0.746. The Morgan fingerprint density at radius 1 is 1.12 bits per heavy atom. The van der Waals surface area contributed by atoms with Crippen molar-refractivity contribution in [3.05, 3.63) is 76.8 Å². The van der Waals surface area contributed by atoms with Crippen LogP contribution in [0.2, 0.25) is 10.0 Å². The maximum Gasteiger partial charge on any atom is 0.296 e. The maximum absolute atomic E-state index is 12.3. The van der Waals surface area contributed by atoms with Crippen LogP contribution in [0.4, 0.5) is 10.5 Å². The van der Waals surface area contributed by atoms with Crippen LogP contribution in [-0.4, -0.2) is 64.3 Å². The first-order valence-corrected chi connectivity index (χ1v) is 12.5. The Kier molecular flexibility index (Phi) is 8.26. The molecule has 0 bridgehead atoms. The first-order valence-electron chi connectivity index (χ1n) is 11.0. The molecule has 1 amide bonds. The summed E-state index contributed by atoms with van der Waals surface area (Å²) in [6, 6.07) is 13.5. The van der Waals surface area contributed by atoms with E-state index in [4.69, 9.17) is 27.9 Å². The van der Waals surface area contributed by atoms with Crippen LogP contribution in [0.15, 0.2) is 61.2 Å². The molecule has 3 aromatic rings. The third-order valence-corrected chi connectivity index (χ3v) is 6.87. The summed E-state index contributed by atoms with van der Waals surface area (Å²) < 4.78 is 10.1. The first-order chi connectivity index (χ1) is 16.4. The molecule has 1 aliphatic heterocycles. The second kappa shape index (κ2) is 11.4. The molecule has 180 valence electrons. The molecule has 1 fully saturated rings. The number of piperazine rings is 1. The molecule has 10 heteroatoms. The van der Waals surface area contributed by atoms with Gasteiger partial charge in [0.25, 0.3) is 5.24 Å². The van der Waals surface area contributed by atoms with Gasteiger partial charge in [-0.05, 0) is 50.5 Å². The largest absolute Gasteiger partial charge is 0.484 e. The highest BCUT2D eigenvalue weighted by Crippen LogP contribution is 2.32. The predicted molar refractivity (Wildman–Crippen MR) is 139 cm³/mol. The van der Waals surface area contributed by atoms with Gasteiger partial charge in [-0.15, -0.1) is 0 Å². The van der Waals surface area contributed by atoms with E-state index < -0.39 is 0 Å². The molecule has 1 aromatic heterocycles. The second-order valence-electron chi connectivity index (χ2n) is 8.17. The molecule has 1 unspecified atom stereocenters. The predicted octanol–water partition coefficient (Wildman–Crippen LogP) is 5.46. The zero-order valence-corrected chi connectivity index (χ0v) is 21.4. The van der Waals surface area contributed by atoms with Gasteiger partial charge in [0.2, 0.25) is 0 Å². The highest BCUT2D eigenvalue weighted by molar-refractivity contribution is 8.11. The molecule has 0 saturated carbocycles. The van der Waals surface area contributed by atoms with Gasteiger partial charge in [0.15, 0.2) is 0 Å². The molecule has 1 aliphatic rings. The number of nitrogens with zero attached hydrogens (tertiary/aromatic N) is 5. The SMILES string of the molecule is CN(C)SC(=O)N1CCN(c2ccc(OC(Cn3ccnc3)c3ccc(Cl)cc3Cl)cc2)CC1. The van der Waals surface area contributed by atoms with Crippen molar-refractivity contribution in [3.8, 4) is 5.75 Å². The first kappa shape index (κ1) is 24.7. The number of ether oxygens (including phenoxy) is 1. The lowest BCUT2D eigenvalue weighted by atomic mass is 10.1. The fourth-order valence-electron chi connectivity index (χ4n) is 3.81. The van der Waals surface area contributed by atoms with Crippen molar-refractivity contribution in [1.29, 1.82) is 0 Å². The topological polar surface area (TPSA) is 53.8 Å². The molecule has 0 aliphatic carbocycles. The number of anilines is 1. The van der Waals surface area contributed by atoms with Gasteiger partial charge in [0.05, 0.1) is 12.9 Å². The fourth-order valence-corrected chi connectivity index (χ4v) is 4.95. The summed E-state index contributed by atoms with van der Waals surface area (Å²) in [4.78, 5) is 20.6.